The number of halogens is 2. The molecule has 0 aromatic heterocycles. The highest BCUT2D eigenvalue weighted by molar-refractivity contribution is 6.39. The van der Waals surface area contributed by atoms with Gasteiger partial charge in [0.15, 0.2) is 0 Å². The molecule has 0 heterocycles. The van der Waals surface area contributed by atoms with Gasteiger partial charge in [-0.1, -0.05) is 23.2 Å². The van der Waals surface area contributed by atoms with E-state index >= 15 is 0 Å². The first-order chi connectivity index (χ1) is 16.2. The molecule has 34 heavy (non-hydrogen) atoms. The average molecular weight is 513 g/mol. The Labute approximate surface area is 207 Å². The Morgan fingerprint density at radius 3 is 2.24 bits per heavy atom. The first-order valence-electron chi connectivity index (χ1n) is 10.5. The first kappa shape index (κ1) is 27.1. The van der Waals surface area contributed by atoms with Crippen molar-refractivity contribution in [3.05, 3.63) is 44.4 Å². The Kier molecular flexibility index (Phi) is 10.3. The number of rotatable bonds is 12. The summed E-state index contributed by atoms with van der Waals surface area (Å²) < 4.78 is 16.0. The Balaban J connectivity index is 2.34. The molecule has 0 unspecified atom stereocenters. The van der Waals surface area contributed by atoms with Crippen molar-refractivity contribution in [1.82, 2.24) is 0 Å². The number of azo groups is 1. The van der Waals surface area contributed by atoms with E-state index in [0.717, 1.165) is 17.8 Å². The van der Waals surface area contributed by atoms with Crippen LogP contribution in [0.2, 0.25) is 10.0 Å². The maximum Gasteiger partial charge on any atom is 0.305 e. The van der Waals surface area contributed by atoms with Crippen LogP contribution in [0.3, 0.4) is 0 Å². The summed E-state index contributed by atoms with van der Waals surface area (Å²) in [4.78, 5) is 24.1. The van der Waals surface area contributed by atoms with Crippen LogP contribution in [0.4, 0.5) is 22.7 Å². The maximum atomic E-state index is 11.6. The molecule has 2 aromatic carbocycles. The van der Waals surface area contributed by atoms with Crippen molar-refractivity contribution in [3.63, 3.8) is 0 Å². The molecule has 0 radical (unpaired) electrons. The summed E-state index contributed by atoms with van der Waals surface area (Å²) in [6, 6.07) is 5.72. The van der Waals surface area contributed by atoms with Crippen LogP contribution in [0.15, 0.2) is 34.5 Å². The van der Waals surface area contributed by atoms with E-state index < -0.39 is 4.92 Å². The second-order valence-electron chi connectivity index (χ2n) is 6.90. The molecule has 0 atom stereocenters. The summed E-state index contributed by atoms with van der Waals surface area (Å²) in [7, 11) is 3.02. The van der Waals surface area contributed by atoms with Crippen molar-refractivity contribution in [2.75, 3.05) is 38.8 Å². The molecule has 0 aliphatic rings. The minimum atomic E-state index is -0.600. The zero-order valence-electron chi connectivity index (χ0n) is 19.3. The summed E-state index contributed by atoms with van der Waals surface area (Å²) in [5.74, 6) is 0.702. The number of nitro benzene ring substituents is 1. The van der Waals surface area contributed by atoms with Gasteiger partial charge in [-0.2, -0.15) is 0 Å². The molecule has 0 amide bonds. The van der Waals surface area contributed by atoms with Gasteiger partial charge in [-0.3, -0.25) is 14.9 Å². The number of hydrogen-bond acceptors (Lipinski definition) is 9. The average Bonchev–Trinajstić information content (AvgIpc) is 2.81. The molecule has 0 N–H and O–H groups in total. The minimum Gasteiger partial charge on any atom is -0.494 e. The highest BCUT2D eigenvalue weighted by Crippen LogP contribution is 2.42. The van der Waals surface area contributed by atoms with E-state index in [4.69, 9.17) is 37.4 Å². The zero-order valence-corrected chi connectivity index (χ0v) is 20.9. The SMILES string of the molecule is CCOC(=O)CCCN(CC)c1cc(OC)c(N=Nc2c(Cl)cc([N+](=O)[O-])cc2Cl)cc1OC. The largest absolute Gasteiger partial charge is 0.494 e. The number of nitro groups is 1. The van der Waals surface area contributed by atoms with Gasteiger partial charge in [-0.25, -0.2) is 0 Å². The Bertz CT molecular complexity index is 1040. The van der Waals surface area contributed by atoms with Crippen LogP contribution in [0.1, 0.15) is 26.7 Å². The van der Waals surface area contributed by atoms with E-state index in [-0.39, 0.29) is 27.4 Å². The quantitative estimate of drug-likeness (QED) is 0.138. The fourth-order valence-electron chi connectivity index (χ4n) is 3.14. The third-order valence-corrected chi connectivity index (χ3v) is 5.36. The van der Waals surface area contributed by atoms with Crippen LogP contribution in [0, 0.1) is 10.1 Å². The first-order valence-corrected chi connectivity index (χ1v) is 11.2. The molecule has 0 aliphatic carbocycles. The summed E-state index contributed by atoms with van der Waals surface area (Å²) in [6.45, 7) is 5.38. The number of carbonyl (C=O) groups is 1. The predicted octanol–water partition coefficient (Wildman–Crippen LogP) is 6.50. The molecule has 0 fully saturated rings. The Hall–Kier alpha value is -3.11. The molecule has 0 spiro atoms. The van der Waals surface area contributed by atoms with Gasteiger partial charge < -0.3 is 19.1 Å². The molecule has 2 rings (SSSR count). The van der Waals surface area contributed by atoms with Crippen molar-refractivity contribution in [2.45, 2.75) is 26.7 Å². The van der Waals surface area contributed by atoms with Gasteiger partial charge >= 0.3 is 5.97 Å². The third-order valence-electron chi connectivity index (χ3n) is 4.79. The lowest BCUT2D eigenvalue weighted by Gasteiger charge is -2.25. The number of non-ortho nitro benzene ring substituents is 1. The zero-order chi connectivity index (χ0) is 25.3. The lowest BCUT2D eigenvalue weighted by Crippen LogP contribution is -2.25. The van der Waals surface area contributed by atoms with Gasteiger partial charge in [0.25, 0.3) is 5.69 Å². The van der Waals surface area contributed by atoms with Gasteiger partial charge in [0, 0.05) is 43.8 Å². The summed E-state index contributed by atoms with van der Waals surface area (Å²) in [5.41, 5.74) is 0.945. The highest BCUT2D eigenvalue weighted by Gasteiger charge is 2.18. The van der Waals surface area contributed by atoms with Crippen molar-refractivity contribution in [3.8, 4) is 11.5 Å². The van der Waals surface area contributed by atoms with Gasteiger partial charge in [-0.05, 0) is 20.3 Å². The molecule has 0 bridgehead atoms. The number of ether oxygens (including phenoxy) is 3. The van der Waals surface area contributed by atoms with Gasteiger partial charge in [-0.15, -0.1) is 10.2 Å². The van der Waals surface area contributed by atoms with Crippen LogP contribution in [-0.2, 0) is 9.53 Å². The summed E-state index contributed by atoms with van der Waals surface area (Å²) in [5, 5.41) is 19.2. The number of methoxy groups -OCH3 is 2. The summed E-state index contributed by atoms with van der Waals surface area (Å²) in [6.07, 6.45) is 0.920. The normalized spacial score (nSPS) is 10.9. The second-order valence-corrected chi connectivity index (χ2v) is 7.71. The number of carbonyl (C=O) groups excluding carboxylic acids is 1. The Morgan fingerprint density at radius 2 is 1.71 bits per heavy atom. The van der Waals surface area contributed by atoms with Crippen molar-refractivity contribution in [2.24, 2.45) is 10.2 Å². The van der Waals surface area contributed by atoms with Crippen LogP contribution in [0.25, 0.3) is 0 Å². The van der Waals surface area contributed by atoms with E-state index in [9.17, 15) is 14.9 Å². The molecular formula is C22H26Cl2N4O6. The fraction of sp³-hybridized carbons (Fsp3) is 0.409. The van der Waals surface area contributed by atoms with Gasteiger partial charge in [0.05, 0.1) is 41.5 Å². The van der Waals surface area contributed by atoms with Crippen LogP contribution in [-0.4, -0.2) is 44.8 Å². The molecule has 0 aliphatic heterocycles. The molecule has 2 aromatic rings. The van der Waals surface area contributed by atoms with Gasteiger partial charge in [0.2, 0.25) is 0 Å². The number of hydrogen-bond donors (Lipinski definition) is 0. The van der Waals surface area contributed by atoms with Crippen molar-refractivity contribution >= 4 is 51.9 Å². The number of anilines is 1. The highest BCUT2D eigenvalue weighted by atomic mass is 35.5. The van der Waals surface area contributed by atoms with Crippen LogP contribution >= 0.6 is 23.2 Å². The second kappa shape index (κ2) is 13.0. The fourth-order valence-corrected chi connectivity index (χ4v) is 3.70. The standard InChI is InChI=1S/C22H26Cl2N4O6/c1-5-27(9-7-8-21(29)34-6-2)18-13-19(32-3)17(12-20(18)33-4)25-26-22-15(23)10-14(28(30)31)11-16(22)24/h10-13H,5-9H2,1-4H3. The smallest absolute Gasteiger partial charge is 0.305 e. The topological polar surface area (TPSA) is 116 Å². The van der Waals surface area contributed by atoms with E-state index in [0.29, 0.717) is 49.7 Å². The molecule has 0 saturated carbocycles. The molecule has 12 heteroatoms. The Morgan fingerprint density at radius 1 is 1.06 bits per heavy atom. The van der Waals surface area contributed by atoms with E-state index in [1.165, 1.54) is 14.2 Å². The number of nitrogens with zero attached hydrogens (tertiary/aromatic N) is 4. The number of esters is 1. The summed E-state index contributed by atoms with van der Waals surface area (Å²) >= 11 is 12.2. The van der Waals surface area contributed by atoms with Crippen molar-refractivity contribution in [1.29, 1.82) is 0 Å². The van der Waals surface area contributed by atoms with Crippen LogP contribution in [0.5, 0.6) is 11.5 Å². The van der Waals surface area contributed by atoms with E-state index in [2.05, 4.69) is 10.2 Å². The lowest BCUT2D eigenvalue weighted by atomic mass is 10.2. The third kappa shape index (κ3) is 6.94. The van der Waals surface area contributed by atoms with Crippen LogP contribution < -0.4 is 14.4 Å². The molecular weight excluding hydrogens is 487 g/mol. The maximum absolute atomic E-state index is 11.6. The predicted molar refractivity (Wildman–Crippen MR) is 131 cm³/mol. The van der Waals surface area contributed by atoms with E-state index in [1.54, 1.807) is 19.1 Å². The minimum absolute atomic E-state index is 0.00994. The van der Waals surface area contributed by atoms with Crippen molar-refractivity contribution < 1.29 is 23.9 Å². The molecule has 10 nitrogen and oxygen atoms in total. The van der Waals surface area contributed by atoms with E-state index in [1.807, 2.05) is 11.8 Å². The van der Waals surface area contributed by atoms with Gasteiger partial charge in [0.1, 0.15) is 22.9 Å². The molecule has 184 valence electrons. The monoisotopic (exact) mass is 512 g/mol. The molecule has 0 saturated heterocycles. The number of benzene rings is 2. The lowest BCUT2D eigenvalue weighted by molar-refractivity contribution is -0.384.